The lowest BCUT2D eigenvalue weighted by atomic mass is 9.67. The highest BCUT2D eigenvalue weighted by Gasteiger charge is 2.52. The predicted molar refractivity (Wildman–Crippen MR) is 99.0 cm³/mol. The molecule has 1 heterocycles. The molecule has 1 aliphatic carbocycles. The molecule has 0 radical (unpaired) electrons. The van der Waals surface area contributed by atoms with E-state index < -0.39 is 0 Å². The number of benzene rings is 1. The van der Waals surface area contributed by atoms with Crippen LogP contribution in [-0.4, -0.2) is 31.4 Å². The third-order valence-corrected chi connectivity index (χ3v) is 6.20. The Labute approximate surface area is 151 Å². The summed E-state index contributed by atoms with van der Waals surface area (Å²) in [4.78, 5) is 11.4. The maximum Gasteiger partial charge on any atom is 0.495 e. The normalized spacial score (nSPS) is 27.0. The molecule has 5 heteroatoms. The van der Waals surface area contributed by atoms with Crippen LogP contribution in [-0.2, 0) is 18.8 Å². The number of rotatable bonds is 4. The standard InChI is InChI=1S/C20H29BO4/c1-13-7-8-15(16-9-14(10-16)11-18(22)23-6)12-17(13)21-24-19(2,3)20(4,5)25-21/h7-8,12,14,16H,9-11H2,1-6H3/t14-,16-. The first-order valence-electron chi connectivity index (χ1n) is 9.16. The Morgan fingerprint density at radius 2 is 1.80 bits per heavy atom. The minimum Gasteiger partial charge on any atom is -0.469 e. The Balaban J connectivity index is 1.72. The molecule has 0 atom stereocenters. The fraction of sp³-hybridized carbons (Fsp3) is 0.650. The molecular weight excluding hydrogens is 315 g/mol. The van der Waals surface area contributed by atoms with Crippen molar-refractivity contribution in [3.05, 3.63) is 29.3 Å². The van der Waals surface area contributed by atoms with Crippen LogP contribution in [0.5, 0.6) is 0 Å². The van der Waals surface area contributed by atoms with E-state index in [2.05, 4.69) is 52.8 Å². The number of hydrogen-bond donors (Lipinski definition) is 0. The van der Waals surface area contributed by atoms with Gasteiger partial charge in [-0.05, 0) is 70.3 Å². The summed E-state index contributed by atoms with van der Waals surface area (Å²) in [7, 11) is 1.13. The molecule has 0 aromatic heterocycles. The van der Waals surface area contributed by atoms with Gasteiger partial charge in [0.05, 0.1) is 18.3 Å². The van der Waals surface area contributed by atoms with Gasteiger partial charge in [-0.15, -0.1) is 0 Å². The predicted octanol–water partition coefficient (Wildman–Crippen LogP) is 3.35. The summed E-state index contributed by atoms with van der Waals surface area (Å²) in [5, 5.41) is 0. The van der Waals surface area contributed by atoms with E-state index in [1.165, 1.54) is 18.2 Å². The third kappa shape index (κ3) is 3.49. The van der Waals surface area contributed by atoms with Crippen molar-refractivity contribution >= 4 is 18.6 Å². The largest absolute Gasteiger partial charge is 0.495 e. The summed E-state index contributed by atoms with van der Waals surface area (Å²) < 4.78 is 17.2. The number of carbonyl (C=O) groups is 1. The van der Waals surface area contributed by atoms with Crippen LogP contribution in [0.25, 0.3) is 0 Å². The maximum absolute atomic E-state index is 11.4. The van der Waals surface area contributed by atoms with Crippen LogP contribution >= 0.6 is 0 Å². The highest BCUT2D eigenvalue weighted by Crippen LogP contribution is 2.43. The topological polar surface area (TPSA) is 44.8 Å². The van der Waals surface area contributed by atoms with E-state index >= 15 is 0 Å². The van der Waals surface area contributed by atoms with Crippen LogP contribution in [0.4, 0.5) is 0 Å². The van der Waals surface area contributed by atoms with Crippen LogP contribution in [0.2, 0.25) is 0 Å². The van der Waals surface area contributed by atoms with Crippen molar-refractivity contribution in [1.29, 1.82) is 0 Å². The van der Waals surface area contributed by atoms with Crippen molar-refractivity contribution in [2.24, 2.45) is 5.92 Å². The zero-order valence-corrected chi connectivity index (χ0v) is 16.2. The first-order valence-corrected chi connectivity index (χ1v) is 9.16. The Morgan fingerprint density at radius 1 is 1.20 bits per heavy atom. The minimum absolute atomic E-state index is 0.106. The van der Waals surface area contributed by atoms with Crippen LogP contribution in [0.15, 0.2) is 18.2 Å². The maximum atomic E-state index is 11.4. The van der Waals surface area contributed by atoms with Crippen molar-refractivity contribution in [3.8, 4) is 0 Å². The molecule has 1 saturated heterocycles. The Morgan fingerprint density at radius 3 is 2.36 bits per heavy atom. The number of carbonyl (C=O) groups excluding carboxylic acids is 1. The molecule has 0 spiro atoms. The van der Waals surface area contributed by atoms with Gasteiger partial charge in [-0.1, -0.05) is 23.8 Å². The summed E-state index contributed by atoms with van der Waals surface area (Å²) in [5.41, 5.74) is 2.96. The molecule has 1 aromatic carbocycles. The van der Waals surface area contributed by atoms with E-state index in [1.807, 2.05) is 0 Å². The van der Waals surface area contributed by atoms with Gasteiger partial charge in [0, 0.05) is 6.42 Å². The van der Waals surface area contributed by atoms with Gasteiger partial charge in [0.2, 0.25) is 0 Å². The molecule has 0 N–H and O–H groups in total. The highest BCUT2D eigenvalue weighted by atomic mass is 16.7. The molecule has 25 heavy (non-hydrogen) atoms. The van der Waals surface area contributed by atoms with E-state index in [0.717, 1.165) is 18.3 Å². The minimum atomic E-state index is -0.331. The number of methoxy groups -OCH3 is 1. The Bertz CT molecular complexity index is 646. The number of esters is 1. The van der Waals surface area contributed by atoms with E-state index in [9.17, 15) is 4.79 Å². The van der Waals surface area contributed by atoms with E-state index in [0.29, 0.717) is 18.3 Å². The Kier molecular flexibility index (Phi) is 4.76. The lowest BCUT2D eigenvalue weighted by molar-refractivity contribution is -0.142. The molecule has 1 saturated carbocycles. The van der Waals surface area contributed by atoms with Crippen LogP contribution in [0.3, 0.4) is 0 Å². The van der Waals surface area contributed by atoms with Crippen molar-refractivity contribution in [2.45, 2.75) is 71.0 Å². The lowest BCUT2D eigenvalue weighted by Gasteiger charge is -2.35. The number of aryl methyl sites for hydroxylation is 1. The fourth-order valence-electron chi connectivity index (χ4n) is 3.63. The SMILES string of the molecule is COC(=O)C[C@H]1C[C@H](c2ccc(C)c(B3OC(C)(C)C(C)(C)O3)c2)C1. The Hall–Kier alpha value is -1.33. The van der Waals surface area contributed by atoms with Crippen LogP contribution < -0.4 is 5.46 Å². The summed E-state index contributed by atoms with van der Waals surface area (Å²) in [5.74, 6) is 0.848. The quantitative estimate of drug-likeness (QED) is 0.621. The molecule has 4 nitrogen and oxygen atoms in total. The number of hydrogen-bond acceptors (Lipinski definition) is 4. The molecule has 2 aliphatic rings. The van der Waals surface area contributed by atoms with Crippen molar-refractivity contribution in [1.82, 2.24) is 0 Å². The summed E-state index contributed by atoms with van der Waals surface area (Å²) in [6, 6.07) is 6.59. The molecule has 1 aromatic rings. The van der Waals surface area contributed by atoms with E-state index in [1.54, 1.807) is 0 Å². The van der Waals surface area contributed by atoms with Gasteiger partial charge < -0.3 is 14.0 Å². The third-order valence-electron chi connectivity index (χ3n) is 6.20. The van der Waals surface area contributed by atoms with Crippen LogP contribution in [0, 0.1) is 12.8 Å². The van der Waals surface area contributed by atoms with E-state index in [-0.39, 0.29) is 24.3 Å². The molecule has 0 bridgehead atoms. The first kappa shape index (κ1) is 18.5. The van der Waals surface area contributed by atoms with Gasteiger partial charge in [-0.25, -0.2) is 0 Å². The molecular formula is C20H29BO4. The van der Waals surface area contributed by atoms with Gasteiger partial charge in [-0.3, -0.25) is 4.79 Å². The molecule has 2 fully saturated rings. The van der Waals surface area contributed by atoms with Gasteiger partial charge >= 0.3 is 13.1 Å². The van der Waals surface area contributed by atoms with Crippen molar-refractivity contribution < 1.29 is 18.8 Å². The highest BCUT2D eigenvalue weighted by molar-refractivity contribution is 6.62. The second-order valence-electron chi connectivity index (χ2n) is 8.52. The number of ether oxygens (including phenoxy) is 1. The molecule has 1 aliphatic heterocycles. The van der Waals surface area contributed by atoms with Crippen molar-refractivity contribution in [3.63, 3.8) is 0 Å². The van der Waals surface area contributed by atoms with Crippen LogP contribution in [0.1, 0.15) is 64.0 Å². The average Bonchev–Trinajstić information content (AvgIpc) is 2.71. The van der Waals surface area contributed by atoms with Gasteiger partial charge in [-0.2, -0.15) is 0 Å². The monoisotopic (exact) mass is 344 g/mol. The second-order valence-corrected chi connectivity index (χ2v) is 8.52. The summed E-state index contributed by atoms with van der Waals surface area (Å²) in [6.45, 7) is 10.4. The summed E-state index contributed by atoms with van der Waals surface area (Å²) in [6.07, 6.45) is 2.62. The van der Waals surface area contributed by atoms with Gasteiger partial charge in [0.1, 0.15) is 0 Å². The first-order chi connectivity index (χ1) is 11.6. The lowest BCUT2D eigenvalue weighted by Crippen LogP contribution is -2.41. The molecule has 136 valence electrons. The zero-order valence-electron chi connectivity index (χ0n) is 16.2. The second kappa shape index (κ2) is 6.44. The molecule has 0 amide bonds. The van der Waals surface area contributed by atoms with Gasteiger partial charge in [0.15, 0.2) is 0 Å². The zero-order chi connectivity index (χ0) is 18.4. The van der Waals surface area contributed by atoms with Gasteiger partial charge in [0.25, 0.3) is 0 Å². The summed E-state index contributed by atoms with van der Waals surface area (Å²) >= 11 is 0. The fourth-order valence-corrected chi connectivity index (χ4v) is 3.63. The average molecular weight is 344 g/mol. The smallest absolute Gasteiger partial charge is 0.469 e. The molecule has 0 unspecified atom stereocenters. The van der Waals surface area contributed by atoms with E-state index in [4.69, 9.17) is 14.0 Å². The van der Waals surface area contributed by atoms with Crippen molar-refractivity contribution in [2.75, 3.05) is 7.11 Å². The molecule has 3 rings (SSSR count).